The summed E-state index contributed by atoms with van der Waals surface area (Å²) in [6.45, 7) is 0.355. The number of benzene rings is 1. The Balaban J connectivity index is 1.77. The summed E-state index contributed by atoms with van der Waals surface area (Å²) in [6.07, 6.45) is 0.884. The summed E-state index contributed by atoms with van der Waals surface area (Å²) in [4.78, 5) is 22.2. The van der Waals surface area contributed by atoms with Crippen molar-refractivity contribution in [1.29, 1.82) is 0 Å². The lowest BCUT2D eigenvalue weighted by molar-refractivity contribution is -0.140. The Bertz CT molecular complexity index is 532. The van der Waals surface area contributed by atoms with Crippen LogP contribution in [-0.4, -0.2) is 30.6 Å². The molecule has 1 aromatic carbocycles. The highest BCUT2D eigenvalue weighted by Crippen LogP contribution is 2.38. The van der Waals surface area contributed by atoms with Gasteiger partial charge in [0.15, 0.2) is 11.6 Å². The fourth-order valence-electron chi connectivity index (χ4n) is 2.08. The van der Waals surface area contributed by atoms with Crippen LogP contribution >= 0.6 is 0 Å². The average molecular weight is 281 g/mol. The summed E-state index contributed by atoms with van der Waals surface area (Å²) in [7, 11) is 1.40. The zero-order valence-corrected chi connectivity index (χ0v) is 11.1. The summed E-state index contributed by atoms with van der Waals surface area (Å²) in [5.74, 6) is -2.40. The average Bonchev–Trinajstić information content (AvgIpc) is 3.19. The minimum absolute atomic E-state index is 0.181. The Morgan fingerprint density at radius 2 is 2.20 bits per heavy atom. The van der Waals surface area contributed by atoms with Gasteiger partial charge in [0.25, 0.3) is 0 Å². The molecule has 20 heavy (non-hydrogen) atoms. The maximum absolute atomic E-state index is 13.4. The molecular weight excluding hydrogens is 265 g/mol. The second kappa shape index (κ2) is 5.90. The first-order valence-corrected chi connectivity index (χ1v) is 6.36. The van der Waals surface area contributed by atoms with Gasteiger partial charge in [-0.3, -0.25) is 9.59 Å². The third-order valence-electron chi connectivity index (χ3n) is 3.37. The van der Waals surface area contributed by atoms with Crippen molar-refractivity contribution in [1.82, 2.24) is 5.32 Å². The highest BCUT2D eigenvalue weighted by atomic mass is 19.1. The van der Waals surface area contributed by atoms with E-state index in [1.165, 1.54) is 19.2 Å². The van der Waals surface area contributed by atoms with Gasteiger partial charge in [-0.2, -0.15) is 0 Å². The van der Waals surface area contributed by atoms with E-state index in [1.54, 1.807) is 6.07 Å². The number of halogens is 1. The van der Waals surface area contributed by atoms with Crippen molar-refractivity contribution >= 4 is 11.9 Å². The smallest absolute Gasteiger partial charge is 0.307 e. The lowest BCUT2D eigenvalue weighted by Gasteiger charge is -2.06. The molecule has 0 aliphatic heterocycles. The number of hydrogen-bond donors (Lipinski definition) is 2. The Labute approximate surface area is 115 Å². The second-order valence-corrected chi connectivity index (χ2v) is 4.80. The van der Waals surface area contributed by atoms with Gasteiger partial charge in [0.2, 0.25) is 5.91 Å². The number of carbonyl (C=O) groups excluding carboxylic acids is 1. The Kier molecular flexibility index (Phi) is 4.22. The first-order chi connectivity index (χ1) is 9.52. The van der Waals surface area contributed by atoms with Crippen LogP contribution in [-0.2, 0) is 16.0 Å². The minimum atomic E-state index is -0.928. The topological polar surface area (TPSA) is 75.6 Å². The predicted octanol–water partition coefficient (Wildman–Crippen LogP) is 1.21. The summed E-state index contributed by atoms with van der Waals surface area (Å²) in [6, 6.07) is 4.63. The van der Waals surface area contributed by atoms with Crippen molar-refractivity contribution in [3.63, 3.8) is 0 Å². The van der Waals surface area contributed by atoms with Crippen LogP contribution in [0.4, 0.5) is 4.39 Å². The summed E-state index contributed by atoms with van der Waals surface area (Å²) >= 11 is 0. The standard InChI is InChI=1S/C14H16FNO4/c1-20-12-3-2-8(6-11(12)15)4-5-16-13(17)9-7-10(9)14(18)19/h2-3,6,9-10H,4-5,7H2,1H3,(H,16,17)(H,18,19)/t9-,10+/m1/s1. The number of carboxylic acid groups (broad SMARTS) is 1. The van der Waals surface area contributed by atoms with Crippen LogP contribution in [0.25, 0.3) is 0 Å². The Hall–Kier alpha value is -2.11. The summed E-state index contributed by atoms with van der Waals surface area (Å²) in [5, 5.41) is 11.4. The maximum Gasteiger partial charge on any atom is 0.307 e. The monoisotopic (exact) mass is 281 g/mol. The van der Waals surface area contributed by atoms with Gasteiger partial charge in [-0.15, -0.1) is 0 Å². The lowest BCUT2D eigenvalue weighted by atomic mass is 10.1. The highest BCUT2D eigenvalue weighted by molar-refractivity contribution is 5.89. The number of amides is 1. The predicted molar refractivity (Wildman–Crippen MR) is 68.9 cm³/mol. The fraction of sp³-hybridized carbons (Fsp3) is 0.429. The van der Waals surface area contributed by atoms with E-state index in [0.717, 1.165) is 5.56 Å². The molecule has 1 saturated carbocycles. The van der Waals surface area contributed by atoms with Gasteiger partial charge in [-0.05, 0) is 30.5 Å². The Morgan fingerprint density at radius 1 is 1.45 bits per heavy atom. The van der Waals surface area contributed by atoms with E-state index >= 15 is 0 Å². The SMILES string of the molecule is COc1ccc(CCNC(=O)[C@@H]2C[C@@H]2C(=O)O)cc1F. The van der Waals surface area contributed by atoms with E-state index in [4.69, 9.17) is 9.84 Å². The van der Waals surface area contributed by atoms with Gasteiger partial charge in [-0.25, -0.2) is 4.39 Å². The van der Waals surface area contributed by atoms with E-state index in [-0.39, 0.29) is 11.7 Å². The number of rotatable bonds is 6. The van der Waals surface area contributed by atoms with Crippen LogP contribution in [0.15, 0.2) is 18.2 Å². The van der Waals surface area contributed by atoms with E-state index in [1.807, 2.05) is 0 Å². The number of hydrogen-bond acceptors (Lipinski definition) is 3. The molecule has 0 radical (unpaired) electrons. The van der Waals surface area contributed by atoms with Crippen LogP contribution in [0.1, 0.15) is 12.0 Å². The molecule has 1 aliphatic rings. The van der Waals surface area contributed by atoms with Crippen molar-refractivity contribution in [3.05, 3.63) is 29.6 Å². The molecule has 0 aromatic heterocycles. The van der Waals surface area contributed by atoms with Crippen LogP contribution in [0.3, 0.4) is 0 Å². The number of carbonyl (C=O) groups is 2. The van der Waals surface area contributed by atoms with Crippen molar-refractivity contribution in [2.45, 2.75) is 12.8 Å². The minimum Gasteiger partial charge on any atom is -0.494 e. The maximum atomic E-state index is 13.4. The zero-order valence-electron chi connectivity index (χ0n) is 11.1. The van der Waals surface area contributed by atoms with Crippen molar-refractivity contribution in [2.24, 2.45) is 11.8 Å². The molecule has 2 rings (SSSR count). The normalized spacial score (nSPS) is 20.3. The first kappa shape index (κ1) is 14.3. The summed E-state index contributed by atoms with van der Waals surface area (Å²) < 4.78 is 18.3. The number of methoxy groups -OCH3 is 1. The van der Waals surface area contributed by atoms with Crippen LogP contribution in [0.2, 0.25) is 0 Å². The van der Waals surface area contributed by atoms with Gasteiger partial charge < -0.3 is 15.2 Å². The van der Waals surface area contributed by atoms with Gasteiger partial charge in [0.05, 0.1) is 18.9 Å². The number of ether oxygens (including phenoxy) is 1. The van der Waals surface area contributed by atoms with Gasteiger partial charge in [0.1, 0.15) is 0 Å². The van der Waals surface area contributed by atoms with Crippen molar-refractivity contribution in [2.75, 3.05) is 13.7 Å². The molecule has 5 nitrogen and oxygen atoms in total. The first-order valence-electron chi connectivity index (χ1n) is 6.36. The van der Waals surface area contributed by atoms with Crippen LogP contribution in [0, 0.1) is 17.7 Å². The molecule has 0 spiro atoms. The number of carboxylic acids is 1. The van der Waals surface area contributed by atoms with Crippen molar-refractivity contribution in [3.8, 4) is 5.75 Å². The second-order valence-electron chi connectivity index (χ2n) is 4.80. The van der Waals surface area contributed by atoms with E-state index in [0.29, 0.717) is 19.4 Å². The molecular formula is C14H16FNO4. The Morgan fingerprint density at radius 3 is 2.75 bits per heavy atom. The van der Waals surface area contributed by atoms with E-state index < -0.39 is 23.6 Å². The summed E-state index contributed by atoms with van der Waals surface area (Å²) in [5.41, 5.74) is 0.745. The fourth-order valence-corrected chi connectivity index (χ4v) is 2.08. The largest absolute Gasteiger partial charge is 0.494 e. The molecule has 1 amide bonds. The zero-order chi connectivity index (χ0) is 14.7. The third-order valence-corrected chi connectivity index (χ3v) is 3.37. The molecule has 1 aliphatic carbocycles. The molecule has 2 atom stereocenters. The highest BCUT2D eigenvalue weighted by Gasteiger charge is 2.48. The molecule has 2 N–H and O–H groups in total. The molecule has 0 bridgehead atoms. The molecule has 1 aromatic rings. The van der Waals surface area contributed by atoms with E-state index in [2.05, 4.69) is 5.32 Å². The number of aliphatic carboxylic acids is 1. The van der Waals surface area contributed by atoms with E-state index in [9.17, 15) is 14.0 Å². The molecule has 0 saturated heterocycles. The number of nitrogens with one attached hydrogen (secondary N) is 1. The third kappa shape index (κ3) is 3.26. The molecule has 0 unspecified atom stereocenters. The van der Waals surface area contributed by atoms with Gasteiger partial charge in [0, 0.05) is 6.54 Å². The molecule has 6 heteroatoms. The van der Waals surface area contributed by atoms with Crippen LogP contribution < -0.4 is 10.1 Å². The van der Waals surface area contributed by atoms with Crippen LogP contribution in [0.5, 0.6) is 5.75 Å². The van der Waals surface area contributed by atoms with Gasteiger partial charge >= 0.3 is 5.97 Å². The quantitative estimate of drug-likeness (QED) is 0.822. The molecule has 1 fully saturated rings. The van der Waals surface area contributed by atoms with Gasteiger partial charge in [-0.1, -0.05) is 6.07 Å². The van der Waals surface area contributed by atoms with Crippen molar-refractivity contribution < 1.29 is 23.8 Å². The lowest BCUT2D eigenvalue weighted by Crippen LogP contribution is -2.28. The molecule has 108 valence electrons. The molecule has 0 heterocycles.